The van der Waals surface area contributed by atoms with Crippen LogP contribution in [0.25, 0.3) is 5.78 Å². The van der Waals surface area contributed by atoms with E-state index in [-0.39, 0.29) is 57.1 Å². The number of carbonyl (C=O) groups excluding carboxylic acids is 7. The van der Waals surface area contributed by atoms with Gasteiger partial charge in [-0.05, 0) is 82.1 Å². The first kappa shape index (κ1) is 67.7. The number of amides is 2. The number of hydrogen-bond acceptors (Lipinski definition) is 21. The van der Waals surface area contributed by atoms with Crippen molar-refractivity contribution in [3.05, 3.63) is 314 Å². The number of benzene rings is 8. The summed E-state index contributed by atoms with van der Waals surface area (Å²) in [6.07, 6.45) is -1.70. The van der Waals surface area contributed by atoms with Crippen molar-refractivity contribution in [1.29, 1.82) is 0 Å². The van der Waals surface area contributed by atoms with Crippen molar-refractivity contribution in [1.82, 2.24) is 34.8 Å². The minimum absolute atomic E-state index is 0.0497. The first-order valence-electron chi connectivity index (χ1n) is 31.8. The van der Waals surface area contributed by atoms with E-state index in [9.17, 15) is 19.2 Å². The van der Waals surface area contributed by atoms with Crippen molar-refractivity contribution >= 4 is 93.1 Å². The number of oxime groups is 1. The number of carbonyl (C=O) groups is 7. The molecule has 0 bridgehead atoms. The smallest absolute Gasteiger partial charge is 0.379 e. The molecule has 504 valence electrons. The van der Waals surface area contributed by atoms with E-state index in [2.05, 4.69) is 30.9 Å². The molecule has 11 aromatic rings. The van der Waals surface area contributed by atoms with Gasteiger partial charge in [-0.1, -0.05) is 217 Å². The zero-order chi connectivity index (χ0) is 70.2. The molecule has 0 spiro atoms. The van der Waals surface area contributed by atoms with E-state index in [1.165, 1.54) is 45.9 Å². The number of fused-ring (bicyclic) bond motifs is 2. The fourth-order valence-electron chi connectivity index (χ4n) is 11.9. The summed E-state index contributed by atoms with van der Waals surface area (Å²) in [5, 5.41) is 16.8. The second kappa shape index (κ2) is 30.1. The highest BCUT2D eigenvalue weighted by Gasteiger charge is 2.55. The van der Waals surface area contributed by atoms with Gasteiger partial charge in [0.15, 0.2) is 34.6 Å². The van der Waals surface area contributed by atoms with Crippen LogP contribution in [0.3, 0.4) is 0 Å². The maximum atomic E-state index is 15.4. The molecule has 1 fully saturated rings. The van der Waals surface area contributed by atoms with E-state index >= 15 is 14.4 Å². The number of esters is 4. The predicted molar refractivity (Wildman–Crippen MR) is 380 cm³/mol. The van der Waals surface area contributed by atoms with Gasteiger partial charge in [0.1, 0.15) is 33.4 Å². The lowest BCUT2D eigenvalue weighted by Crippen LogP contribution is -2.71. The van der Waals surface area contributed by atoms with Gasteiger partial charge in [0.25, 0.3) is 23.4 Å². The lowest BCUT2D eigenvalue weighted by molar-refractivity contribution is -0.154. The van der Waals surface area contributed by atoms with Gasteiger partial charge in [-0.25, -0.2) is 24.4 Å². The zero-order valence-electron chi connectivity index (χ0n) is 54.5. The van der Waals surface area contributed by atoms with Crippen molar-refractivity contribution in [3.8, 4) is 11.5 Å². The molecule has 2 amide bonds. The number of aryl methyl sites for hydroxylation is 2. The molecule has 21 nitrogen and oxygen atoms in total. The minimum atomic E-state index is -1.30. The first-order chi connectivity index (χ1) is 49.1. The van der Waals surface area contributed by atoms with Crippen LogP contribution in [-0.2, 0) is 43.8 Å². The number of nitrogens with zero attached hydrogens (tertiary/aromatic N) is 7. The van der Waals surface area contributed by atoms with E-state index in [0.717, 1.165) is 59.1 Å². The molecule has 2 aliphatic rings. The molecule has 0 radical (unpaired) electrons. The third-order valence-corrected chi connectivity index (χ3v) is 19.7. The fraction of sp³-hybridized carbons (Fsp3) is 0.143. The Balaban J connectivity index is 0.836. The van der Waals surface area contributed by atoms with Crippen LogP contribution in [0.4, 0.5) is 5.13 Å². The minimum Gasteiger partial charge on any atom is -0.448 e. The van der Waals surface area contributed by atoms with E-state index in [1.54, 1.807) is 18.4 Å². The van der Waals surface area contributed by atoms with Crippen LogP contribution in [0.1, 0.15) is 103 Å². The Morgan fingerprint density at radius 2 is 1.10 bits per heavy atom. The molecule has 1 saturated heterocycles. The summed E-state index contributed by atoms with van der Waals surface area (Å²) < 4.78 is 24.7. The van der Waals surface area contributed by atoms with Gasteiger partial charge in [-0.3, -0.25) is 24.1 Å². The van der Waals surface area contributed by atoms with Gasteiger partial charge >= 0.3 is 29.8 Å². The van der Waals surface area contributed by atoms with E-state index < -0.39 is 76.5 Å². The Morgan fingerprint density at radius 3 is 1.60 bits per heavy atom. The Labute approximate surface area is 591 Å². The van der Waals surface area contributed by atoms with E-state index in [0.29, 0.717) is 32.6 Å². The summed E-state index contributed by atoms with van der Waals surface area (Å²) in [5.74, 6) is -6.15. The molecule has 0 saturated carbocycles. The molecule has 101 heavy (non-hydrogen) atoms. The third kappa shape index (κ3) is 14.7. The quantitative estimate of drug-likeness (QED) is 0.00694. The maximum Gasteiger partial charge on any atom is 0.379 e. The van der Waals surface area contributed by atoms with E-state index in [4.69, 9.17) is 28.8 Å². The topological polar surface area (TPSA) is 261 Å². The summed E-state index contributed by atoms with van der Waals surface area (Å²) in [5.41, 5.74) is 4.78. The van der Waals surface area contributed by atoms with Crippen LogP contribution in [0.15, 0.2) is 257 Å². The number of thioether (sulfide) groups is 2. The molecule has 13 rings (SSSR count). The number of thiazole rings is 1. The summed E-state index contributed by atoms with van der Waals surface area (Å²) in [6.45, 7) is 5.59. The van der Waals surface area contributed by atoms with Gasteiger partial charge in [-0.15, -0.1) is 40.0 Å². The van der Waals surface area contributed by atoms with Crippen molar-refractivity contribution in [2.45, 2.75) is 61.9 Å². The molecule has 0 aliphatic carbocycles. The number of hydrogen-bond donors (Lipinski definition) is 2. The first-order valence-corrected chi connectivity index (χ1v) is 34.7. The highest BCUT2D eigenvalue weighted by molar-refractivity contribution is 8.01. The third-order valence-electron chi connectivity index (χ3n) is 16.5. The van der Waals surface area contributed by atoms with Crippen molar-refractivity contribution in [3.63, 3.8) is 0 Å². The molecule has 2 atom stereocenters. The zero-order valence-corrected chi connectivity index (χ0v) is 56.9. The van der Waals surface area contributed by atoms with Crippen LogP contribution in [0.2, 0.25) is 0 Å². The molecule has 2 aliphatic heterocycles. The summed E-state index contributed by atoms with van der Waals surface area (Å²) in [4.78, 5) is 120. The molecular weight excluding hydrogens is 1340 g/mol. The summed E-state index contributed by atoms with van der Waals surface area (Å²) in [6, 6.07) is 69.3. The Bertz CT molecular complexity index is 4820. The van der Waals surface area contributed by atoms with Crippen molar-refractivity contribution in [2.24, 2.45) is 5.16 Å². The number of aromatic nitrogens is 5. The van der Waals surface area contributed by atoms with Crippen LogP contribution < -0.4 is 20.1 Å². The predicted octanol–water partition coefficient (Wildman–Crippen LogP) is 12.7. The summed E-state index contributed by atoms with van der Waals surface area (Å²) in [7, 11) is 0. The Hall–Kier alpha value is -11.9. The average Bonchev–Trinajstić information content (AvgIpc) is 1.57. The molecule has 5 heterocycles. The number of nitrogens with one attached hydrogen (secondary N) is 2. The standard InChI is InChI=1S/C77H61N9O12S3/c1-46-40-60(94-48(3)87)61(95-49(4)88)42-58(46)72(91)98-84-63(59-45-101-76(79-59)82-77(55-34-20-9-21-35-55,56-36-22-10-23-37-56)57-38-24-11-25-39-57)69(89)80-64-70(90)85-65(73(92)96-66(50-26-12-5-13-27-50)51-28-14-6-15-29-51)54(44-100-71(64)85)43-99-62-41-47(2)78-75-81-68(83-86(62)75)74(93)97-67(52-30-16-7-17-31-52)53-32-18-8-19-33-53/h5-42,45,64,66-67,71H,43-44H2,1-4H3,(H,79,82)(H,80,89)/b84-63+/t64-,71-/m1/s1. The molecular formula is C77H61N9O12S3. The number of anilines is 1. The van der Waals surface area contributed by atoms with Gasteiger partial charge in [0, 0.05) is 36.4 Å². The van der Waals surface area contributed by atoms with Gasteiger partial charge < -0.3 is 34.4 Å². The molecule has 2 N–H and O–H groups in total. The Morgan fingerprint density at radius 1 is 0.614 bits per heavy atom. The van der Waals surface area contributed by atoms with Crippen LogP contribution in [0, 0.1) is 13.8 Å². The lowest BCUT2D eigenvalue weighted by Gasteiger charge is -2.49. The number of rotatable bonds is 23. The van der Waals surface area contributed by atoms with Gasteiger partial charge in [0.2, 0.25) is 0 Å². The van der Waals surface area contributed by atoms with Crippen LogP contribution in [-0.4, -0.2) is 99.8 Å². The fourth-order valence-corrected chi connectivity index (χ4v) is 15.1. The van der Waals surface area contributed by atoms with Crippen molar-refractivity contribution in [2.75, 3.05) is 16.8 Å². The molecule has 0 unspecified atom stereocenters. The van der Waals surface area contributed by atoms with Crippen LogP contribution in [0.5, 0.6) is 11.5 Å². The SMILES string of the molecule is CC(=O)Oc1cc(C)c(C(=O)O/N=C(/C(=O)N[C@@H]2C(=O)N3C(C(=O)OC(c4ccccc4)c4ccccc4)=C(CSc4cc(C)nc5nc(C(=O)OC(c6ccccc6)c6ccccc6)nn45)CS[C@H]23)c2csc(NC(c3ccccc3)(c3ccccc3)c3ccccc3)n2)cc1OC(C)=O. The van der Waals surface area contributed by atoms with Gasteiger partial charge in [0.05, 0.1) is 5.56 Å². The molecule has 3 aromatic heterocycles. The largest absolute Gasteiger partial charge is 0.448 e. The Kier molecular flexibility index (Phi) is 20.2. The van der Waals surface area contributed by atoms with E-state index in [1.807, 2.05) is 212 Å². The van der Waals surface area contributed by atoms with Crippen LogP contribution >= 0.6 is 34.9 Å². The monoisotopic (exact) mass is 1400 g/mol. The van der Waals surface area contributed by atoms with Gasteiger partial charge in [-0.2, -0.15) is 9.50 Å². The highest BCUT2D eigenvalue weighted by atomic mass is 32.2. The maximum absolute atomic E-state index is 15.4. The molecule has 24 heteroatoms. The highest BCUT2D eigenvalue weighted by Crippen LogP contribution is 2.45. The number of β-lactam (4-membered cyclic amide) rings is 1. The normalized spacial score (nSPS) is 14.4. The second-order valence-corrected chi connectivity index (χ2v) is 26.3. The second-order valence-electron chi connectivity index (χ2n) is 23.3. The number of ether oxygens (including phenoxy) is 4. The lowest BCUT2D eigenvalue weighted by atomic mass is 9.77. The average molecular weight is 1400 g/mol. The molecule has 8 aromatic carbocycles. The summed E-state index contributed by atoms with van der Waals surface area (Å²) >= 11 is 3.69. The van der Waals surface area contributed by atoms with Crippen molar-refractivity contribution < 1.29 is 57.3 Å².